The zero-order valence-corrected chi connectivity index (χ0v) is 14.5. The lowest BCUT2D eigenvalue weighted by Crippen LogP contribution is -2.27. The summed E-state index contributed by atoms with van der Waals surface area (Å²) in [5.41, 5.74) is 3.51. The fourth-order valence-electron chi connectivity index (χ4n) is 2.86. The molecular weight excluding hydrogens is 316 g/mol. The van der Waals surface area contributed by atoms with Crippen LogP contribution in [-0.4, -0.2) is 44.2 Å². The number of hydrogen-bond donors (Lipinski definition) is 2. The Balaban J connectivity index is 1.56. The van der Waals surface area contributed by atoms with E-state index in [4.69, 9.17) is 4.74 Å². The predicted molar refractivity (Wildman–Crippen MR) is 99.6 cm³/mol. The lowest BCUT2D eigenvalue weighted by Gasteiger charge is -2.18. The molecule has 2 heterocycles. The van der Waals surface area contributed by atoms with Crippen molar-refractivity contribution in [1.29, 1.82) is 0 Å². The molecule has 1 fully saturated rings. The van der Waals surface area contributed by atoms with Crippen LogP contribution >= 0.6 is 0 Å². The van der Waals surface area contributed by atoms with Crippen LogP contribution in [-0.2, 0) is 4.74 Å². The highest BCUT2D eigenvalue weighted by atomic mass is 16.5. The highest BCUT2D eigenvalue weighted by Gasteiger charge is 2.12. The number of hydrogen-bond acceptors (Lipinski definition) is 5. The van der Waals surface area contributed by atoms with Gasteiger partial charge in [-0.05, 0) is 49.2 Å². The third-order valence-corrected chi connectivity index (χ3v) is 4.22. The van der Waals surface area contributed by atoms with Crippen molar-refractivity contribution < 1.29 is 9.53 Å². The fraction of sp³-hybridized carbons (Fsp3) is 0.368. The van der Waals surface area contributed by atoms with Crippen molar-refractivity contribution in [3.8, 4) is 0 Å². The van der Waals surface area contributed by atoms with E-state index in [-0.39, 0.29) is 5.91 Å². The van der Waals surface area contributed by atoms with Gasteiger partial charge >= 0.3 is 0 Å². The average Bonchev–Trinajstić information content (AvgIpc) is 3.18. The first-order valence-electron chi connectivity index (χ1n) is 8.61. The molecule has 25 heavy (non-hydrogen) atoms. The summed E-state index contributed by atoms with van der Waals surface area (Å²) < 4.78 is 4.91. The van der Waals surface area contributed by atoms with Gasteiger partial charge in [0.2, 0.25) is 0 Å². The second kappa shape index (κ2) is 8.48. The molecule has 132 valence electrons. The molecule has 1 aromatic carbocycles. The molecule has 0 atom stereocenters. The lowest BCUT2D eigenvalue weighted by molar-refractivity contribution is 0.0932. The van der Waals surface area contributed by atoms with E-state index in [1.165, 1.54) is 18.5 Å². The van der Waals surface area contributed by atoms with Gasteiger partial charge in [-0.1, -0.05) is 0 Å². The number of methoxy groups -OCH3 is 1. The van der Waals surface area contributed by atoms with Crippen LogP contribution in [0.1, 0.15) is 23.3 Å². The second-order valence-electron chi connectivity index (χ2n) is 6.05. The van der Waals surface area contributed by atoms with Gasteiger partial charge in [0.15, 0.2) is 0 Å². The largest absolute Gasteiger partial charge is 0.383 e. The average molecular weight is 340 g/mol. The maximum Gasteiger partial charge on any atom is 0.269 e. The Morgan fingerprint density at radius 2 is 1.84 bits per heavy atom. The Kier molecular flexibility index (Phi) is 5.85. The first-order chi connectivity index (χ1) is 12.3. The minimum atomic E-state index is -0.196. The number of amides is 1. The number of anilines is 3. The maximum absolute atomic E-state index is 11.9. The summed E-state index contributed by atoms with van der Waals surface area (Å²) in [5.74, 6) is -0.196. The molecule has 6 heteroatoms. The third kappa shape index (κ3) is 4.70. The van der Waals surface area contributed by atoms with Gasteiger partial charge in [0.1, 0.15) is 5.69 Å². The summed E-state index contributed by atoms with van der Waals surface area (Å²) in [6.45, 7) is 3.24. The van der Waals surface area contributed by atoms with Crippen molar-refractivity contribution in [2.24, 2.45) is 0 Å². The van der Waals surface area contributed by atoms with E-state index in [9.17, 15) is 4.79 Å². The number of carbonyl (C=O) groups excluding carboxylic acids is 1. The Morgan fingerprint density at radius 1 is 1.12 bits per heavy atom. The molecule has 0 aliphatic carbocycles. The molecule has 0 bridgehead atoms. The smallest absolute Gasteiger partial charge is 0.269 e. The molecule has 1 aliphatic heterocycles. The van der Waals surface area contributed by atoms with Crippen molar-refractivity contribution in [2.45, 2.75) is 12.8 Å². The van der Waals surface area contributed by atoms with Gasteiger partial charge in [0.05, 0.1) is 18.5 Å². The highest BCUT2D eigenvalue weighted by Crippen LogP contribution is 2.23. The van der Waals surface area contributed by atoms with Gasteiger partial charge in [0, 0.05) is 38.1 Å². The number of pyridine rings is 1. The first-order valence-corrected chi connectivity index (χ1v) is 8.61. The summed E-state index contributed by atoms with van der Waals surface area (Å²) in [6, 6.07) is 12.0. The standard InChI is InChI=1S/C19H24N4O2/c1-25-13-10-20-19(24)18-9-6-16(14-21-18)22-15-4-7-17(8-5-15)23-11-2-3-12-23/h4-9,14,22H,2-3,10-13H2,1H3,(H,20,24). The number of nitrogens with zero attached hydrogens (tertiary/aromatic N) is 2. The van der Waals surface area contributed by atoms with Crippen LogP contribution in [0.3, 0.4) is 0 Å². The van der Waals surface area contributed by atoms with Crippen molar-refractivity contribution in [1.82, 2.24) is 10.3 Å². The molecule has 6 nitrogen and oxygen atoms in total. The lowest BCUT2D eigenvalue weighted by atomic mass is 10.2. The van der Waals surface area contributed by atoms with Crippen LogP contribution in [0.2, 0.25) is 0 Å². The van der Waals surface area contributed by atoms with Crippen LogP contribution < -0.4 is 15.5 Å². The number of benzene rings is 1. The summed E-state index contributed by atoms with van der Waals surface area (Å²) in [6.07, 6.45) is 4.22. The molecule has 1 aromatic heterocycles. The van der Waals surface area contributed by atoms with E-state index >= 15 is 0 Å². The Morgan fingerprint density at radius 3 is 2.48 bits per heavy atom. The van der Waals surface area contributed by atoms with E-state index in [2.05, 4.69) is 44.8 Å². The van der Waals surface area contributed by atoms with E-state index in [0.717, 1.165) is 24.5 Å². The van der Waals surface area contributed by atoms with Crippen molar-refractivity contribution in [3.63, 3.8) is 0 Å². The molecule has 1 saturated heterocycles. The SMILES string of the molecule is COCCNC(=O)c1ccc(Nc2ccc(N3CCCC3)cc2)cn1. The number of nitrogens with one attached hydrogen (secondary N) is 2. The van der Waals surface area contributed by atoms with E-state index < -0.39 is 0 Å². The molecule has 0 unspecified atom stereocenters. The number of ether oxygens (including phenoxy) is 1. The summed E-state index contributed by atoms with van der Waals surface area (Å²) in [7, 11) is 1.60. The van der Waals surface area contributed by atoms with Crippen LogP contribution in [0, 0.1) is 0 Å². The monoisotopic (exact) mass is 340 g/mol. The van der Waals surface area contributed by atoms with Crippen molar-refractivity contribution in [3.05, 3.63) is 48.3 Å². The third-order valence-electron chi connectivity index (χ3n) is 4.22. The minimum Gasteiger partial charge on any atom is -0.383 e. The first kappa shape index (κ1) is 17.2. The van der Waals surface area contributed by atoms with E-state index in [1.807, 2.05) is 6.07 Å². The Hall–Kier alpha value is -2.60. The van der Waals surface area contributed by atoms with Gasteiger partial charge in [-0.3, -0.25) is 4.79 Å². The number of carbonyl (C=O) groups is 1. The summed E-state index contributed by atoms with van der Waals surface area (Å²) in [4.78, 5) is 18.5. The van der Waals surface area contributed by atoms with Gasteiger partial charge in [0.25, 0.3) is 5.91 Å². The summed E-state index contributed by atoms with van der Waals surface area (Å²) >= 11 is 0. The summed E-state index contributed by atoms with van der Waals surface area (Å²) in [5, 5.41) is 6.06. The fourth-order valence-corrected chi connectivity index (χ4v) is 2.86. The van der Waals surface area contributed by atoms with E-state index in [0.29, 0.717) is 18.8 Å². The van der Waals surface area contributed by atoms with Crippen LogP contribution in [0.5, 0.6) is 0 Å². The quantitative estimate of drug-likeness (QED) is 0.759. The van der Waals surface area contributed by atoms with Crippen LogP contribution in [0.15, 0.2) is 42.6 Å². The normalized spacial score (nSPS) is 13.7. The van der Waals surface area contributed by atoms with Crippen molar-refractivity contribution in [2.75, 3.05) is 43.6 Å². The predicted octanol–water partition coefficient (Wildman–Crippen LogP) is 2.80. The molecule has 1 amide bonds. The second-order valence-corrected chi connectivity index (χ2v) is 6.05. The van der Waals surface area contributed by atoms with Crippen LogP contribution in [0.4, 0.5) is 17.1 Å². The maximum atomic E-state index is 11.9. The van der Waals surface area contributed by atoms with Crippen molar-refractivity contribution >= 4 is 23.0 Å². The van der Waals surface area contributed by atoms with Crippen LogP contribution in [0.25, 0.3) is 0 Å². The molecule has 0 spiro atoms. The zero-order chi connectivity index (χ0) is 17.5. The molecule has 3 rings (SSSR count). The Bertz CT molecular complexity index is 680. The van der Waals surface area contributed by atoms with Gasteiger partial charge in [-0.15, -0.1) is 0 Å². The number of rotatable bonds is 7. The molecule has 0 radical (unpaired) electrons. The number of aromatic nitrogens is 1. The molecular formula is C19H24N4O2. The van der Waals surface area contributed by atoms with E-state index in [1.54, 1.807) is 19.4 Å². The molecule has 2 N–H and O–H groups in total. The minimum absolute atomic E-state index is 0.196. The Labute approximate surface area is 148 Å². The molecule has 1 aliphatic rings. The molecule has 0 saturated carbocycles. The van der Waals surface area contributed by atoms with Gasteiger partial charge in [-0.2, -0.15) is 0 Å². The topological polar surface area (TPSA) is 66.5 Å². The highest BCUT2D eigenvalue weighted by molar-refractivity contribution is 5.92. The van der Waals surface area contributed by atoms with Gasteiger partial charge in [-0.25, -0.2) is 4.98 Å². The van der Waals surface area contributed by atoms with Gasteiger partial charge < -0.3 is 20.3 Å². The zero-order valence-electron chi connectivity index (χ0n) is 14.5. The molecule has 2 aromatic rings.